The summed E-state index contributed by atoms with van der Waals surface area (Å²) in [4.78, 5) is 19.1. The molecule has 0 saturated carbocycles. The minimum atomic E-state index is -0.0462. The Balaban J connectivity index is 0.00000157. The van der Waals surface area contributed by atoms with Gasteiger partial charge in [0, 0.05) is 75.0 Å². The second kappa shape index (κ2) is 6.03. The fourth-order valence-electron chi connectivity index (χ4n) is 4.11. The maximum atomic E-state index is 12.5. The number of hydrogen-bond donors (Lipinski definition) is 0. The van der Waals surface area contributed by atoms with Crippen LogP contribution in [0, 0.1) is 18.4 Å². The van der Waals surface area contributed by atoms with Crippen LogP contribution in [0.15, 0.2) is 58.7 Å². The summed E-state index contributed by atoms with van der Waals surface area (Å²) < 4.78 is 1.57. The molecule has 3 aliphatic rings. The van der Waals surface area contributed by atoms with Gasteiger partial charge in [-0.3, -0.25) is 4.79 Å². The summed E-state index contributed by atoms with van der Waals surface area (Å²) in [6.07, 6.45) is 10.5. The van der Waals surface area contributed by atoms with Crippen LogP contribution in [0.25, 0.3) is 5.82 Å². The zero-order valence-electron chi connectivity index (χ0n) is 14.2. The molecule has 1 fully saturated rings. The van der Waals surface area contributed by atoms with Crippen molar-refractivity contribution in [2.45, 2.75) is 19.8 Å². The molecule has 2 aliphatic carbocycles. The number of allylic oxidation sites excluding steroid dienone is 4. The predicted octanol–water partition coefficient (Wildman–Crippen LogP) is 2.81. The van der Waals surface area contributed by atoms with Crippen molar-refractivity contribution < 1.29 is 32.7 Å². The first kappa shape index (κ1) is 16.9. The van der Waals surface area contributed by atoms with Crippen LogP contribution in [0.5, 0.6) is 0 Å². The summed E-state index contributed by atoms with van der Waals surface area (Å²) in [5, 5.41) is 0. The fraction of sp³-hybridized carbons (Fsp3) is 0.300. The molecule has 0 bridgehead atoms. The molecule has 2 aromatic rings. The molecule has 1 saturated heterocycles. The van der Waals surface area contributed by atoms with Crippen LogP contribution in [0.3, 0.4) is 0 Å². The van der Waals surface area contributed by atoms with Crippen LogP contribution >= 0.6 is 0 Å². The second-order valence-corrected chi connectivity index (χ2v) is 7.27. The van der Waals surface area contributed by atoms with E-state index in [1.807, 2.05) is 19.2 Å². The molecule has 5 heteroatoms. The van der Waals surface area contributed by atoms with Crippen LogP contribution in [0.1, 0.15) is 18.4 Å². The van der Waals surface area contributed by atoms with Gasteiger partial charge in [0.15, 0.2) is 0 Å². The van der Waals surface area contributed by atoms with Gasteiger partial charge in [-0.2, -0.15) is 6.07 Å². The molecule has 3 heterocycles. The van der Waals surface area contributed by atoms with Crippen molar-refractivity contribution in [3.05, 3.63) is 75.9 Å². The average Bonchev–Trinajstić information content (AvgIpc) is 2.79. The summed E-state index contributed by atoms with van der Waals surface area (Å²) in [5.41, 5.74) is 5.44. The number of aromatic nitrogens is 2. The van der Waals surface area contributed by atoms with Crippen LogP contribution in [0.4, 0.5) is 5.69 Å². The van der Waals surface area contributed by atoms with Crippen molar-refractivity contribution >= 4 is 5.69 Å². The summed E-state index contributed by atoms with van der Waals surface area (Å²) in [6, 6.07) is 8.57. The predicted molar refractivity (Wildman–Crippen MR) is 93.5 cm³/mol. The molecule has 1 spiro atoms. The second-order valence-electron chi connectivity index (χ2n) is 7.27. The Hall–Kier alpha value is -1.52. The van der Waals surface area contributed by atoms with E-state index >= 15 is 0 Å². The number of anilines is 1. The summed E-state index contributed by atoms with van der Waals surface area (Å²) in [6.45, 7) is 4.02. The number of nitrogens with zero attached hydrogens (tertiary/aromatic N) is 3. The van der Waals surface area contributed by atoms with E-state index in [1.54, 1.807) is 34.0 Å². The Bertz CT molecular complexity index is 930. The third-order valence-electron chi connectivity index (χ3n) is 5.42. The van der Waals surface area contributed by atoms with Gasteiger partial charge in [0.25, 0.3) is 0 Å². The largest absolute Gasteiger partial charge is 0.370 e. The van der Waals surface area contributed by atoms with Gasteiger partial charge < -0.3 is 14.5 Å². The van der Waals surface area contributed by atoms with Gasteiger partial charge in [-0.25, -0.2) is 0 Å². The number of pyridine rings is 2. The third kappa shape index (κ3) is 2.76. The monoisotopic (exact) mass is 405 g/mol. The average molecular weight is 405 g/mol. The number of rotatable bonds is 2. The van der Waals surface area contributed by atoms with Crippen LogP contribution in [-0.2, 0) is 32.7 Å². The molecule has 1 aliphatic heterocycles. The summed E-state index contributed by atoms with van der Waals surface area (Å²) in [7, 11) is 0. The van der Waals surface area contributed by atoms with Gasteiger partial charge in [0.1, 0.15) is 0 Å². The van der Waals surface area contributed by atoms with Gasteiger partial charge in [0.05, 0.1) is 0 Å². The molecule has 5 rings (SSSR count). The van der Waals surface area contributed by atoms with Crippen molar-refractivity contribution in [2.75, 3.05) is 18.0 Å². The molecule has 0 aromatic carbocycles. The SMILES string of the molecule is Cc1[c-]cc(-n2ccc(N3CC4(CC5=C(C=C5)C4)C3)cc2=O)nc1.[Y]. The zero-order chi connectivity index (χ0) is 16.3. The van der Waals surface area contributed by atoms with E-state index in [2.05, 4.69) is 28.1 Å². The van der Waals surface area contributed by atoms with Crippen molar-refractivity contribution in [3.8, 4) is 5.82 Å². The van der Waals surface area contributed by atoms with Gasteiger partial charge in [-0.15, -0.1) is 11.6 Å². The molecule has 0 amide bonds. The van der Waals surface area contributed by atoms with Crippen LogP contribution < -0.4 is 10.5 Å². The Morgan fingerprint density at radius 1 is 1.20 bits per heavy atom. The smallest absolute Gasteiger partial charge is 0.247 e. The van der Waals surface area contributed by atoms with E-state index in [4.69, 9.17) is 0 Å². The maximum Gasteiger partial charge on any atom is 0.247 e. The molecule has 4 nitrogen and oxygen atoms in total. The molecule has 1 radical (unpaired) electrons. The zero-order valence-corrected chi connectivity index (χ0v) is 17.0. The first-order chi connectivity index (χ1) is 11.6. The standard InChI is InChI=1S/C20H18N3O.Y/c1-14-2-5-18(21-11-14)23-7-6-17(8-19(23)24)22-12-20(13-22)9-15-3-4-16(15)10-20;/h3-8,11H,9-10,12-13H2,1H3;/q-1;. The maximum absolute atomic E-state index is 12.5. The van der Waals surface area contributed by atoms with E-state index in [0.29, 0.717) is 11.2 Å². The molecule has 0 unspecified atom stereocenters. The topological polar surface area (TPSA) is 38.1 Å². The quantitative estimate of drug-likeness (QED) is 0.722. The van der Waals surface area contributed by atoms with E-state index < -0.39 is 0 Å². The van der Waals surface area contributed by atoms with Gasteiger partial charge in [0.2, 0.25) is 5.56 Å². The van der Waals surface area contributed by atoms with E-state index in [1.165, 1.54) is 12.8 Å². The van der Waals surface area contributed by atoms with Gasteiger partial charge in [-0.1, -0.05) is 25.3 Å². The Morgan fingerprint density at radius 2 is 1.92 bits per heavy atom. The van der Waals surface area contributed by atoms with Crippen molar-refractivity contribution in [1.29, 1.82) is 0 Å². The number of hydrogen-bond acceptors (Lipinski definition) is 3. The minimum Gasteiger partial charge on any atom is -0.370 e. The Morgan fingerprint density at radius 3 is 2.48 bits per heavy atom. The van der Waals surface area contributed by atoms with E-state index in [-0.39, 0.29) is 38.3 Å². The number of aryl methyl sites for hydroxylation is 1. The third-order valence-corrected chi connectivity index (χ3v) is 5.42. The first-order valence-corrected chi connectivity index (χ1v) is 8.34. The summed E-state index contributed by atoms with van der Waals surface area (Å²) in [5.74, 6) is 0.614. The Labute approximate surface area is 172 Å². The van der Waals surface area contributed by atoms with Crippen molar-refractivity contribution in [3.63, 3.8) is 0 Å². The fourth-order valence-corrected chi connectivity index (χ4v) is 4.11. The summed E-state index contributed by atoms with van der Waals surface area (Å²) >= 11 is 0. The van der Waals surface area contributed by atoms with Gasteiger partial charge in [-0.05, 0) is 30.1 Å². The molecular formula is C20H18N3OY-. The molecule has 123 valence electrons. The molecule has 2 aromatic heterocycles. The van der Waals surface area contributed by atoms with Crippen LogP contribution in [-0.4, -0.2) is 22.6 Å². The van der Waals surface area contributed by atoms with Gasteiger partial charge >= 0.3 is 0 Å². The first-order valence-electron chi connectivity index (χ1n) is 8.34. The molecule has 25 heavy (non-hydrogen) atoms. The van der Waals surface area contributed by atoms with Crippen molar-refractivity contribution in [1.82, 2.24) is 9.55 Å². The normalized spacial score (nSPS) is 19.3. The van der Waals surface area contributed by atoms with Crippen molar-refractivity contribution in [2.24, 2.45) is 5.41 Å². The van der Waals surface area contributed by atoms with E-state index in [0.717, 1.165) is 24.3 Å². The molecule has 0 atom stereocenters. The molecule has 0 N–H and O–H groups in total. The Kier molecular flexibility index (Phi) is 4.08. The van der Waals surface area contributed by atoms with E-state index in [9.17, 15) is 4.79 Å². The molecular weight excluding hydrogens is 387 g/mol. The van der Waals surface area contributed by atoms with Crippen LogP contribution in [0.2, 0.25) is 0 Å². The minimum absolute atomic E-state index is 0.